The molecule has 0 radical (unpaired) electrons. The summed E-state index contributed by atoms with van der Waals surface area (Å²) in [7, 11) is 0. The van der Waals surface area contributed by atoms with Gasteiger partial charge in [0.2, 0.25) is 5.91 Å². The van der Waals surface area contributed by atoms with Gasteiger partial charge in [-0.2, -0.15) is 0 Å². The Hall–Kier alpha value is -1.51. The zero-order valence-electron chi connectivity index (χ0n) is 13.8. The second-order valence-corrected chi connectivity index (χ2v) is 6.99. The standard InChI is InChI=1S/C19H28N2O/c1-3-21(17-6-4-5-14(2)11-17)10-9-20-19(22)18-13-15-7-8-16(18)12-15/h4-6,11,15-16,18H,3,7-10,12-13H2,1-2H3,(H,20,22). The number of hydrogen-bond acceptors (Lipinski definition) is 2. The van der Waals surface area contributed by atoms with Crippen LogP contribution in [0.1, 0.15) is 38.2 Å². The molecule has 3 nitrogen and oxygen atoms in total. The summed E-state index contributed by atoms with van der Waals surface area (Å²) in [6.45, 7) is 6.88. The van der Waals surface area contributed by atoms with Gasteiger partial charge < -0.3 is 10.2 Å². The smallest absolute Gasteiger partial charge is 0.223 e. The first-order chi connectivity index (χ1) is 10.7. The van der Waals surface area contributed by atoms with Crippen molar-refractivity contribution in [3.63, 3.8) is 0 Å². The van der Waals surface area contributed by atoms with Crippen LogP contribution >= 0.6 is 0 Å². The Morgan fingerprint density at radius 3 is 2.82 bits per heavy atom. The zero-order valence-corrected chi connectivity index (χ0v) is 13.8. The van der Waals surface area contributed by atoms with Crippen LogP contribution in [0.15, 0.2) is 24.3 Å². The first kappa shape index (κ1) is 15.4. The van der Waals surface area contributed by atoms with Gasteiger partial charge in [-0.05, 0) is 62.6 Å². The minimum atomic E-state index is 0.299. The van der Waals surface area contributed by atoms with Gasteiger partial charge in [0.15, 0.2) is 0 Å². The molecule has 1 aromatic carbocycles. The fourth-order valence-corrected chi connectivity index (χ4v) is 4.31. The lowest BCUT2D eigenvalue weighted by Gasteiger charge is -2.25. The summed E-state index contributed by atoms with van der Waals surface area (Å²) in [6.07, 6.45) is 5.05. The van der Waals surface area contributed by atoms with Crippen LogP contribution in [0, 0.1) is 24.7 Å². The number of nitrogens with one attached hydrogen (secondary N) is 1. The van der Waals surface area contributed by atoms with E-state index < -0.39 is 0 Å². The number of likely N-dealkylation sites (N-methyl/N-ethyl adjacent to an activating group) is 1. The van der Waals surface area contributed by atoms with Gasteiger partial charge in [-0.3, -0.25) is 4.79 Å². The maximum atomic E-state index is 12.4. The topological polar surface area (TPSA) is 32.3 Å². The third-order valence-corrected chi connectivity index (χ3v) is 5.50. The highest BCUT2D eigenvalue weighted by molar-refractivity contribution is 5.79. The first-order valence-electron chi connectivity index (χ1n) is 8.76. The third kappa shape index (κ3) is 3.29. The number of benzene rings is 1. The number of anilines is 1. The molecule has 3 unspecified atom stereocenters. The Bertz CT molecular complexity index is 528. The van der Waals surface area contributed by atoms with E-state index in [-0.39, 0.29) is 0 Å². The summed E-state index contributed by atoms with van der Waals surface area (Å²) in [5.41, 5.74) is 2.53. The van der Waals surface area contributed by atoms with E-state index in [1.807, 2.05) is 0 Å². The number of aryl methyl sites for hydroxylation is 1. The average Bonchev–Trinajstić information content (AvgIpc) is 3.14. The van der Waals surface area contributed by atoms with E-state index in [0.29, 0.717) is 17.7 Å². The number of hydrogen-bond donors (Lipinski definition) is 1. The van der Waals surface area contributed by atoms with Crippen molar-refractivity contribution in [2.24, 2.45) is 17.8 Å². The van der Waals surface area contributed by atoms with Crippen LogP contribution in [0.3, 0.4) is 0 Å². The molecule has 3 heteroatoms. The molecule has 1 amide bonds. The number of fused-ring (bicyclic) bond motifs is 2. The van der Waals surface area contributed by atoms with E-state index in [1.165, 1.54) is 30.5 Å². The molecule has 120 valence electrons. The second-order valence-electron chi connectivity index (χ2n) is 6.99. The van der Waals surface area contributed by atoms with Crippen molar-refractivity contribution >= 4 is 11.6 Å². The second kappa shape index (κ2) is 6.72. The van der Waals surface area contributed by atoms with E-state index in [4.69, 9.17) is 0 Å². The van der Waals surface area contributed by atoms with Crippen molar-refractivity contribution < 1.29 is 4.79 Å². The predicted molar refractivity (Wildman–Crippen MR) is 91.0 cm³/mol. The Morgan fingerprint density at radius 1 is 1.32 bits per heavy atom. The van der Waals surface area contributed by atoms with Crippen LogP contribution in [0.4, 0.5) is 5.69 Å². The normalized spacial score (nSPS) is 26.2. The maximum Gasteiger partial charge on any atom is 0.223 e. The molecular weight excluding hydrogens is 272 g/mol. The van der Waals surface area contributed by atoms with E-state index in [2.05, 4.69) is 48.3 Å². The Balaban J connectivity index is 1.48. The van der Waals surface area contributed by atoms with Gasteiger partial charge in [-0.25, -0.2) is 0 Å². The summed E-state index contributed by atoms with van der Waals surface area (Å²) in [4.78, 5) is 14.7. The van der Waals surface area contributed by atoms with Gasteiger partial charge in [-0.15, -0.1) is 0 Å². The van der Waals surface area contributed by atoms with Crippen molar-refractivity contribution in [2.75, 3.05) is 24.5 Å². The number of amides is 1. The molecule has 0 saturated heterocycles. The van der Waals surface area contributed by atoms with Gasteiger partial charge in [0.1, 0.15) is 0 Å². The summed E-state index contributed by atoms with van der Waals surface area (Å²) in [6, 6.07) is 8.57. The van der Waals surface area contributed by atoms with E-state index in [9.17, 15) is 4.79 Å². The average molecular weight is 300 g/mol. The molecule has 0 spiro atoms. The van der Waals surface area contributed by atoms with Crippen molar-refractivity contribution in [3.8, 4) is 0 Å². The molecule has 22 heavy (non-hydrogen) atoms. The Morgan fingerprint density at radius 2 is 2.18 bits per heavy atom. The SMILES string of the molecule is CCN(CCNC(=O)C1CC2CCC1C2)c1cccc(C)c1. The third-order valence-electron chi connectivity index (χ3n) is 5.50. The fourth-order valence-electron chi connectivity index (χ4n) is 4.31. The van der Waals surface area contributed by atoms with Crippen LogP contribution in [0.25, 0.3) is 0 Å². The number of carbonyl (C=O) groups is 1. The molecule has 0 aliphatic heterocycles. The van der Waals surface area contributed by atoms with E-state index in [1.54, 1.807) is 0 Å². The van der Waals surface area contributed by atoms with Crippen molar-refractivity contribution in [1.29, 1.82) is 0 Å². The monoisotopic (exact) mass is 300 g/mol. The molecule has 3 atom stereocenters. The first-order valence-corrected chi connectivity index (χ1v) is 8.76. The van der Waals surface area contributed by atoms with Crippen LogP contribution in [-0.2, 0) is 4.79 Å². The van der Waals surface area contributed by atoms with E-state index in [0.717, 1.165) is 32.0 Å². The molecule has 3 rings (SSSR count). The molecule has 0 heterocycles. The molecule has 2 bridgehead atoms. The van der Waals surface area contributed by atoms with Gasteiger partial charge in [0.25, 0.3) is 0 Å². The van der Waals surface area contributed by atoms with Crippen LogP contribution in [0.2, 0.25) is 0 Å². The predicted octanol–water partition coefficient (Wildman–Crippen LogP) is 3.37. The molecular formula is C19H28N2O. The highest BCUT2D eigenvalue weighted by atomic mass is 16.1. The molecule has 2 saturated carbocycles. The molecule has 1 N–H and O–H groups in total. The van der Waals surface area contributed by atoms with Crippen molar-refractivity contribution in [2.45, 2.75) is 39.5 Å². The van der Waals surface area contributed by atoms with Crippen LogP contribution in [0.5, 0.6) is 0 Å². The van der Waals surface area contributed by atoms with Crippen LogP contribution < -0.4 is 10.2 Å². The van der Waals surface area contributed by atoms with Gasteiger partial charge in [-0.1, -0.05) is 18.6 Å². The summed E-state index contributed by atoms with van der Waals surface area (Å²) >= 11 is 0. The fraction of sp³-hybridized carbons (Fsp3) is 0.632. The zero-order chi connectivity index (χ0) is 15.5. The van der Waals surface area contributed by atoms with Crippen molar-refractivity contribution in [1.82, 2.24) is 5.32 Å². The number of nitrogens with zero attached hydrogens (tertiary/aromatic N) is 1. The van der Waals surface area contributed by atoms with Gasteiger partial charge >= 0.3 is 0 Å². The largest absolute Gasteiger partial charge is 0.370 e. The van der Waals surface area contributed by atoms with Crippen molar-refractivity contribution in [3.05, 3.63) is 29.8 Å². The number of carbonyl (C=O) groups excluding carboxylic acids is 1. The van der Waals surface area contributed by atoms with E-state index >= 15 is 0 Å². The maximum absolute atomic E-state index is 12.4. The van der Waals surface area contributed by atoms with Gasteiger partial charge in [0.05, 0.1) is 0 Å². The summed E-state index contributed by atoms with van der Waals surface area (Å²) in [5.74, 6) is 2.10. The highest BCUT2D eigenvalue weighted by Crippen LogP contribution is 2.48. The highest BCUT2D eigenvalue weighted by Gasteiger charge is 2.42. The number of rotatable bonds is 6. The Labute approximate surface area is 134 Å². The molecule has 2 aliphatic carbocycles. The lowest BCUT2D eigenvalue weighted by molar-refractivity contribution is -0.126. The summed E-state index contributed by atoms with van der Waals surface area (Å²) in [5, 5.41) is 3.18. The molecule has 2 fully saturated rings. The minimum Gasteiger partial charge on any atom is -0.370 e. The Kier molecular flexibility index (Phi) is 4.70. The minimum absolute atomic E-state index is 0.299. The molecule has 1 aromatic rings. The quantitative estimate of drug-likeness (QED) is 0.873. The summed E-state index contributed by atoms with van der Waals surface area (Å²) < 4.78 is 0. The molecule has 2 aliphatic rings. The lowest BCUT2D eigenvalue weighted by Crippen LogP contribution is -2.39. The molecule has 0 aromatic heterocycles. The lowest BCUT2D eigenvalue weighted by atomic mass is 9.88. The van der Waals surface area contributed by atoms with Crippen LogP contribution in [-0.4, -0.2) is 25.5 Å². The van der Waals surface area contributed by atoms with Gasteiger partial charge in [0, 0.05) is 31.2 Å².